The van der Waals surface area contributed by atoms with Crippen molar-refractivity contribution in [2.24, 2.45) is 5.92 Å². The van der Waals surface area contributed by atoms with E-state index in [-0.39, 0.29) is 25.7 Å². The quantitative estimate of drug-likeness (QED) is 0.0222. The SMILES string of the molecule is CCCCCCCCCCCCCCCCCCC(=O)O[C@H](COC(=O)CCCCCCCCCCCCCCCC)COP(=O)(O)OC[C@@H](O)COP(=O)(O)OC[C@@H](COC(=O)CCCCCCCCCC)OC(=O)CCCCCCCCCCC(C)CC. The molecule has 0 rings (SSSR count). The number of phosphoric ester groups is 2. The molecule has 0 aromatic carbocycles. The van der Waals surface area contributed by atoms with Crippen molar-refractivity contribution in [2.75, 3.05) is 39.6 Å². The lowest BCUT2D eigenvalue weighted by Crippen LogP contribution is -2.30. The van der Waals surface area contributed by atoms with E-state index in [4.69, 9.17) is 37.0 Å². The maximum atomic E-state index is 13.0. The van der Waals surface area contributed by atoms with Gasteiger partial charge in [0.15, 0.2) is 12.2 Å². The molecule has 0 bridgehead atoms. The third-order valence-electron chi connectivity index (χ3n) is 16.9. The maximum Gasteiger partial charge on any atom is 0.472 e. The predicted molar refractivity (Wildman–Crippen MR) is 363 cm³/mol. The topological polar surface area (TPSA) is 237 Å². The van der Waals surface area contributed by atoms with Gasteiger partial charge < -0.3 is 33.8 Å². The first-order chi connectivity index (χ1) is 43.6. The van der Waals surface area contributed by atoms with Gasteiger partial charge in [0, 0.05) is 25.7 Å². The molecule has 6 atom stereocenters. The fourth-order valence-electron chi connectivity index (χ4n) is 10.8. The summed E-state index contributed by atoms with van der Waals surface area (Å²) in [5, 5.41) is 10.6. The van der Waals surface area contributed by atoms with E-state index in [1.54, 1.807) is 0 Å². The molecular weight excluding hydrogens is 1190 g/mol. The van der Waals surface area contributed by atoms with Crippen LogP contribution in [0.1, 0.15) is 369 Å². The standard InChI is InChI=1S/C71H138O17P2/c1-6-10-13-16-19-22-24-26-28-29-31-33-35-41-46-51-56-70(75)87-67(61-82-69(74)55-50-45-40-34-32-30-27-25-23-20-17-14-11-7-2)63-86-90(79,80)84-59-65(72)58-83-89(77,78)85-62-66(60-81-68(73)54-49-44-39-21-18-15-12-8-3)88-71(76)57-52-47-42-37-36-38-43-48-53-64(5)9-4/h64-67,72H,6-63H2,1-5H3,(H,77,78)(H,79,80)/t64?,65-,66+,67+/m0/s1. The summed E-state index contributed by atoms with van der Waals surface area (Å²) in [6.07, 6.45) is 51.2. The molecule has 0 amide bonds. The number of hydrogen-bond acceptors (Lipinski definition) is 15. The van der Waals surface area contributed by atoms with Crippen LogP contribution in [-0.4, -0.2) is 96.7 Å². The van der Waals surface area contributed by atoms with E-state index in [1.807, 2.05) is 0 Å². The molecule has 0 aliphatic carbocycles. The molecule has 534 valence electrons. The molecule has 0 aliphatic rings. The average Bonchev–Trinajstić information content (AvgIpc) is 3.44. The van der Waals surface area contributed by atoms with Crippen LogP contribution >= 0.6 is 15.6 Å². The third kappa shape index (κ3) is 63.5. The Morgan fingerprint density at radius 1 is 0.311 bits per heavy atom. The average molecular weight is 1330 g/mol. The molecule has 19 heteroatoms. The summed E-state index contributed by atoms with van der Waals surface area (Å²) in [4.78, 5) is 72.5. The van der Waals surface area contributed by atoms with Gasteiger partial charge in [0.25, 0.3) is 0 Å². The third-order valence-corrected chi connectivity index (χ3v) is 18.8. The van der Waals surface area contributed by atoms with Crippen molar-refractivity contribution in [1.29, 1.82) is 0 Å². The van der Waals surface area contributed by atoms with Gasteiger partial charge in [-0.3, -0.25) is 37.3 Å². The highest BCUT2D eigenvalue weighted by molar-refractivity contribution is 7.47. The molecule has 3 N–H and O–H groups in total. The van der Waals surface area contributed by atoms with Crippen molar-refractivity contribution in [3.8, 4) is 0 Å². The van der Waals surface area contributed by atoms with Crippen LogP contribution in [0.5, 0.6) is 0 Å². The second-order valence-corrected chi connectivity index (χ2v) is 28.8. The van der Waals surface area contributed by atoms with E-state index in [2.05, 4.69) is 34.6 Å². The number of esters is 4. The van der Waals surface area contributed by atoms with E-state index in [9.17, 15) is 43.2 Å². The maximum absolute atomic E-state index is 13.0. The Kier molecular flexibility index (Phi) is 63.0. The summed E-state index contributed by atoms with van der Waals surface area (Å²) in [6.45, 7) is 7.23. The molecule has 0 fully saturated rings. The van der Waals surface area contributed by atoms with E-state index >= 15 is 0 Å². The van der Waals surface area contributed by atoms with Gasteiger partial charge in [-0.05, 0) is 31.6 Å². The molecule has 0 aliphatic heterocycles. The summed E-state index contributed by atoms with van der Waals surface area (Å²) in [6, 6.07) is 0. The Morgan fingerprint density at radius 3 is 0.789 bits per heavy atom. The van der Waals surface area contributed by atoms with E-state index in [0.717, 1.165) is 102 Å². The monoisotopic (exact) mass is 1320 g/mol. The molecule has 0 spiro atoms. The van der Waals surface area contributed by atoms with Gasteiger partial charge in [-0.2, -0.15) is 0 Å². The van der Waals surface area contributed by atoms with Crippen molar-refractivity contribution in [3.05, 3.63) is 0 Å². The second kappa shape index (κ2) is 64.4. The largest absolute Gasteiger partial charge is 0.472 e. The van der Waals surface area contributed by atoms with E-state index in [0.29, 0.717) is 25.7 Å². The molecule has 0 saturated heterocycles. The Morgan fingerprint density at radius 2 is 0.533 bits per heavy atom. The molecule has 90 heavy (non-hydrogen) atoms. The second-order valence-electron chi connectivity index (χ2n) is 25.9. The number of phosphoric acid groups is 2. The highest BCUT2D eigenvalue weighted by atomic mass is 31.2. The van der Waals surface area contributed by atoms with Gasteiger partial charge in [-0.1, -0.05) is 317 Å². The van der Waals surface area contributed by atoms with Crippen LogP contribution in [0.25, 0.3) is 0 Å². The number of carbonyl (C=O) groups excluding carboxylic acids is 4. The Labute approximate surface area is 549 Å². The minimum atomic E-state index is -4.95. The van der Waals surface area contributed by atoms with Crippen LogP contribution in [0, 0.1) is 5.92 Å². The van der Waals surface area contributed by atoms with Gasteiger partial charge in [0.1, 0.15) is 19.3 Å². The lowest BCUT2D eigenvalue weighted by atomic mass is 9.99. The van der Waals surface area contributed by atoms with Crippen LogP contribution in [-0.2, 0) is 65.4 Å². The number of rotatable bonds is 71. The molecule has 0 radical (unpaired) electrons. The number of carbonyl (C=O) groups is 4. The lowest BCUT2D eigenvalue weighted by Gasteiger charge is -2.21. The molecule has 0 aromatic heterocycles. The van der Waals surface area contributed by atoms with Crippen molar-refractivity contribution < 1.29 is 80.2 Å². The van der Waals surface area contributed by atoms with Gasteiger partial charge in [0.2, 0.25) is 0 Å². The zero-order valence-corrected chi connectivity index (χ0v) is 60.1. The zero-order chi connectivity index (χ0) is 66.3. The van der Waals surface area contributed by atoms with Gasteiger partial charge in [-0.25, -0.2) is 9.13 Å². The fourth-order valence-corrected chi connectivity index (χ4v) is 12.4. The first kappa shape index (κ1) is 88.1. The number of ether oxygens (including phenoxy) is 4. The predicted octanol–water partition coefficient (Wildman–Crippen LogP) is 20.5. The van der Waals surface area contributed by atoms with Crippen molar-refractivity contribution >= 4 is 39.5 Å². The van der Waals surface area contributed by atoms with Crippen LogP contribution in [0.3, 0.4) is 0 Å². The summed E-state index contributed by atoms with van der Waals surface area (Å²) >= 11 is 0. The summed E-state index contributed by atoms with van der Waals surface area (Å²) in [5.41, 5.74) is 0. The highest BCUT2D eigenvalue weighted by Crippen LogP contribution is 2.45. The normalized spacial score (nSPS) is 14.4. The van der Waals surface area contributed by atoms with Gasteiger partial charge in [-0.15, -0.1) is 0 Å². The minimum absolute atomic E-state index is 0.105. The number of aliphatic hydroxyl groups excluding tert-OH is 1. The van der Waals surface area contributed by atoms with Gasteiger partial charge in [0.05, 0.1) is 26.4 Å². The fraction of sp³-hybridized carbons (Fsp3) is 0.944. The molecule has 0 saturated carbocycles. The zero-order valence-electron chi connectivity index (χ0n) is 58.3. The summed E-state index contributed by atoms with van der Waals surface area (Å²) in [5.74, 6) is -1.35. The van der Waals surface area contributed by atoms with E-state index < -0.39 is 97.5 Å². The first-order valence-corrected chi connectivity index (χ1v) is 40.2. The van der Waals surface area contributed by atoms with Crippen LogP contribution in [0.15, 0.2) is 0 Å². The summed E-state index contributed by atoms with van der Waals surface area (Å²) < 4.78 is 68.3. The van der Waals surface area contributed by atoms with Crippen molar-refractivity contribution in [2.45, 2.75) is 387 Å². The van der Waals surface area contributed by atoms with Crippen LogP contribution < -0.4 is 0 Å². The van der Waals surface area contributed by atoms with Crippen molar-refractivity contribution in [3.63, 3.8) is 0 Å². The number of unbranched alkanes of at least 4 members (excludes halogenated alkanes) is 42. The molecular formula is C71H138O17P2. The molecule has 0 aromatic rings. The smallest absolute Gasteiger partial charge is 0.462 e. The minimum Gasteiger partial charge on any atom is -0.462 e. The number of hydrogen-bond donors (Lipinski definition) is 3. The van der Waals surface area contributed by atoms with Crippen LogP contribution in [0.2, 0.25) is 0 Å². The van der Waals surface area contributed by atoms with Crippen molar-refractivity contribution in [1.82, 2.24) is 0 Å². The first-order valence-electron chi connectivity index (χ1n) is 37.2. The molecule has 0 heterocycles. The van der Waals surface area contributed by atoms with Crippen LogP contribution in [0.4, 0.5) is 0 Å². The molecule has 3 unspecified atom stereocenters. The van der Waals surface area contributed by atoms with E-state index in [1.165, 1.54) is 186 Å². The lowest BCUT2D eigenvalue weighted by molar-refractivity contribution is -0.161. The summed E-state index contributed by atoms with van der Waals surface area (Å²) in [7, 11) is -9.90. The Bertz CT molecular complexity index is 1740. The highest BCUT2D eigenvalue weighted by Gasteiger charge is 2.30. The number of aliphatic hydroxyl groups is 1. The van der Waals surface area contributed by atoms with Gasteiger partial charge >= 0.3 is 39.5 Å². The molecule has 17 nitrogen and oxygen atoms in total. The Balaban J connectivity index is 5.23. The Hall–Kier alpha value is -1.94.